The van der Waals surface area contributed by atoms with E-state index in [9.17, 15) is 5.26 Å². The molecule has 7 nitrogen and oxygen atoms in total. The maximum absolute atomic E-state index is 9.69. The normalized spacial score (nSPS) is 18.1. The van der Waals surface area contributed by atoms with Crippen LogP contribution >= 0.6 is 0 Å². The number of nitriles is 1. The van der Waals surface area contributed by atoms with Gasteiger partial charge >= 0.3 is 0 Å². The van der Waals surface area contributed by atoms with Crippen molar-refractivity contribution in [1.29, 1.82) is 5.26 Å². The van der Waals surface area contributed by atoms with Crippen LogP contribution in [0.2, 0.25) is 0 Å². The van der Waals surface area contributed by atoms with Gasteiger partial charge in [0.2, 0.25) is 0 Å². The molecular formula is C17H26N6O. The van der Waals surface area contributed by atoms with Crippen LogP contribution in [0.5, 0.6) is 0 Å². The summed E-state index contributed by atoms with van der Waals surface area (Å²) in [6.45, 7) is 9.29. The van der Waals surface area contributed by atoms with Crippen LogP contribution in [0.4, 0.5) is 11.6 Å². The van der Waals surface area contributed by atoms with Crippen molar-refractivity contribution in [2.45, 2.75) is 19.9 Å². The minimum Gasteiger partial charge on any atom is -0.378 e. The maximum atomic E-state index is 9.69. The molecule has 0 aromatic carbocycles. The molecule has 3 rings (SSSR count). The standard InChI is InChI=1S/C17H26N6O/c1-2-22-6-3-13-14(11-19)16(20-5-4-18)21-17(15(13)12-22)23-7-9-24-10-8-23/h2-10,12,18H2,1H3,(H,20,21). The van der Waals surface area contributed by atoms with E-state index in [-0.39, 0.29) is 0 Å². The highest BCUT2D eigenvalue weighted by Crippen LogP contribution is 2.33. The fraction of sp³-hybridized carbons (Fsp3) is 0.647. The fourth-order valence-corrected chi connectivity index (χ4v) is 3.42. The largest absolute Gasteiger partial charge is 0.378 e. The van der Waals surface area contributed by atoms with Gasteiger partial charge in [-0.05, 0) is 18.5 Å². The second-order valence-corrected chi connectivity index (χ2v) is 6.16. The quantitative estimate of drug-likeness (QED) is 0.814. The molecule has 130 valence electrons. The Kier molecular flexibility index (Phi) is 5.51. The zero-order valence-electron chi connectivity index (χ0n) is 14.3. The van der Waals surface area contributed by atoms with E-state index in [0.29, 0.717) is 24.5 Å². The van der Waals surface area contributed by atoms with Gasteiger partial charge in [0.15, 0.2) is 0 Å². The molecule has 2 aliphatic heterocycles. The van der Waals surface area contributed by atoms with Crippen molar-refractivity contribution in [1.82, 2.24) is 9.88 Å². The first-order valence-electron chi connectivity index (χ1n) is 8.73. The molecule has 3 N–H and O–H groups in total. The van der Waals surface area contributed by atoms with Gasteiger partial charge < -0.3 is 20.7 Å². The summed E-state index contributed by atoms with van der Waals surface area (Å²) in [6.07, 6.45) is 0.892. The third kappa shape index (κ3) is 3.31. The first-order chi connectivity index (χ1) is 11.8. The first-order valence-corrected chi connectivity index (χ1v) is 8.73. The van der Waals surface area contributed by atoms with Crippen LogP contribution in [0.1, 0.15) is 23.6 Å². The fourth-order valence-electron chi connectivity index (χ4n) is 3.42. The van der Waals surface area contributed by atoms with E-state index >= 15 is 0 Å². The number of hydrogen-bond acceptors (Lipinski definition) is 7. The van der Waals surface area contributed by atoms with E-state index < -0.39 is 0 Å². The smallest absolute Gasteiger partial charge is 0.146 e. The lowest BCUT2D eigenvalue weighted by molar-refractivity contribution is 0.122. The minimum atomic E-state index is 0.514. The Hall–Kier alpha value is -1.88. The third-order valence-corrected chi connectivity index (χ3v) is 4.76. The van der Waals surface area contributed by atoms with Crippen molar-refractivity contribution in [3.05, 3.63) is 16.7 Å². The summed E-state index contributed by atoms with van der Waals surface area (Å²) in [5.74, 6) is 1.68. The van der Waals surface area contributed by atoms with Crippen LogP contribution in [0.3, 0.4) is 0 Å². The molecule has 1 saturated heterocycles. The molecule has 0 saturated carbocycles. The Labute approximate surface area is 143 Å². The first kappa shape index (κ1) is 17.0. The summed E-state index contributed by atoms with van der Waals surface area (Å²) in [6, 6.07) is 2.37. The average Bonchev–Trinajstić information content (AvgIpc) is 2.65. The zero-order chi connectivity index (χ0) is 16.9. The number of nitrogens with zero attached hydrogens (tertiary/aromatic N) is 4. The number of aromatic nitrogens is 1. The van der Waals surface area contributed by atoms with Crippen LogP contribution in [-0.2, 0) is 17.7 Å². The van der Waals surface area contributed by atoms with Gasteiger partial charge in [0, 0.05) is 44.8 Å². The second-order valence-electron chi connectivity index (χ2n) is 6.16. The van der Waals surface area contributed by atoms with Crippen LogP contribution in [0, 0.1) is 11.3 Å². The molecule has 0 unspecified atom stereocenters. The number of likely N-dealkylation sites (N-methyl/N-ethyl adjacent to an activating group) is 1. The van der Waals surface area contributed by atoms with Gasteiger partial charge in [-0.2, -0.15) is 5.26 Å². The van der Waals surface area contributed by atoms with Crippen LogP contribution in [0.15, 0.2) is 0 Å². The number of morpholine rings is 1. The summed E-state index contributed by atoms with van der Waals surface area (Å²) >= 11 is 0. The number of hydrogen-bond donors (Lipinski definition) is 2. The Morgan fingerprint density at radius 1 is 1.29 bits per heavy atom. The summed E-state index contributed by atoms with van der Waals surface area (Å²) in [7, 11) is 0. The molecule has 7 heteroatoms. The van der Waals surface area contributed by atoms with Gasteiger partial charge in [0.25, 0.3) is 0 Å². The van der Waals surface area contributed by atoms with Crippen LogP contribution < -0.4 is 16.0 Å². The lowest BCUT2D eigenvalue weighted by atomic mass is 9.95. The Morgan fingerprint density at radius 3 is 2.75 bits per heavy atom. The predicted molar refractivity (Wildman–Crippen MR) is 94.2 cm³/mol. The number of nitrogens with two attached hydrogens (primary N) is 1. The maximum Gasteiger partial charge on any atom is 0.146 e. The van der Waals surface area contributed by atoms with Gasteiger partial charge in [-0.15, -0.1) is 0 Å². The average molecular weight is 330 g/mol. The molecule has 1 aromatic rings. The van der Waals surface area contributed by atoms with Crippen molar-refractivity contribution in [2.24, 2.45) is 5.73 Å². The van der Waals surface area contributed by atoms with Gasteiger partial charge in [-0.1, -0.05) is 6.92 Å². The molecule has 1 aromatic heterocycles. The van der Waals surface area contributed by atoms with Crippen molar-refractivity contribution >= 4 is 11.6 Å². The lowest BCUT2D eigenvalue weighted by Crippen LogP contribution is -2.40. The topological polar surface area (TPSA) is 90.4 Å². The van der Waals surface area contributed by atoms with E-state index in [0.717, 1.165) is 63.7 Å². The molecule has 1 fully saturated rings. The number of rotatable bonds is 5. The summed E-state index contributed by atoms with van der Waals surface area (Å²) in [5.41, 5.74) is 8.66. The molecule has 0 spiro atoms. The summed E-state index contributed by atoms with van der Waals surface area (Å²) in [4.78, 5) is 9.53. The number of fused-ring (bicyclic) bond motifs is 1. The number of nitrogens with one attached hydrogen (secondary N) is 1. The molecule has 0 aliphatic carbocycles. The highest BCUT2D eigenvalue weighted by atomic mass is 16.5. The molecule has 24 heavy (non-hydrogen) atoms. The molecule has 2 aliphatic rings. The molecule has 0 radical (unpaired) electrons. The molecular weight excluding hydrogens is 304 g/mol. The second kappa shape index (κ2) is 7.79. The van der Waals surface area contributed by atoms with E-state index in [2.05, 4.69) is 28.1 Å². The Bertz CT molecular complexity index is 620. The Balaban J connectivity index is 2.06. The van der Waals surface area contributed by atoms with Crippen LogP contribution in [-0.4, -0.2) is 62.4 Å². The monoisotopic (exact) mass is 330 g/mol. The van der Waals surface area contributed by atoms with Crippen molar-refractivity contribution in [3.8, 4) is 6.07 Å². The van der Waals surface area contributed by atoms with Crippen molar-refractivity contribution in [2.75, 3.05) is 62.7 Å². The molecule has 3 heterocycles. The zero-order valence-corrected chi connectivity index (χ0v) is 14.3. The minimum absolute atomic E-state index is 0.514. The van der Waals surface area contributed by atoms with Gasteiger partial charge in [-0.25, -0.2) is 4.98 Å². The third-order valence-electron chi connectivity index (χ3n) is 4.76. The summed E-state index contributed by atoms with van der Waals surface area (Å²) < 4.78 is 5.48. The number of pyridine rings is 1. The van der Waals surface area contributed by atoms with Gasteiger partial charge in [0.05, 0.1) is 18.8 Å². The Morgan fingerprint density at radius 2 is 2.08 bits per heavy atom. The van der Waals surface area contributed by atoms with Gasteiger partial charge in [0.1, 0.15) is 17.7 Å². The SMILES string of the molecule is CCN1CCc2c(C#N)c(NCCN)nc(N3CCOCC3)c2C1. The van der Waals surface area contributed by atoms with E-state index in [4.69, 9.17) is 15.5 Å². The van der Waals surface area contributed by atoms with Crippen LogP contribution in [0.25, 0.3) is 0 Å². The molecule has 0 bridgehead atoms. The van der Waals surface area contributed by atoms with E-state index in [1.807, 2.05) is 0 Å². The van der Waals surface area contributed by atoms with Crippen molar-refractivity contribution in [3.63, 3.8) is 0 Å². The van der Waals surface area contributed by atoms with Gasteiger partial charge in [-0.3, -0.25) is 4.90 Å². The molecule has 0 amide bonds. The van der Waals surface area contributed by atoms with E-state index in [1.165, 1.54) is 5.56 Å². The number of ether oxygens (including phenoxy) is 1. The van der Waals surface area contributed by atoms with Crippen molar-refractivity contribution < 1.29 is 4.74 Å². The predicted octanol–water partition coefficient (Wildman–Crippen LogP) is 0.538. The van der Waals surface area contributed by atoms with E-state index in [1.54, 1.807) is 0 Å². The lowest BCUT2D eigenvalue weighted by Gasteiger charge is -2.35. The highest BCUT2D eigenvalue weighted by Gasteiger charge is 2.28. The number of anilines is 2. The molecule has 0 atom stereocenters. The summed E-state index contributed by atoms with van der Waals surface area (Å²) in [5, 5.41) is 12.9. The highest BCUT2D eigenvalue weighted by molar-refractivity contribution is 5.67.